The number of methoxy groups -OCH3 is 1. The molecule has 1 aromatic carbocycles. The van der Waals surface area contributed by atoms with Gasteiger partial charge in [-0.15, -0.1) is 11.3 Å². The Kier molecular flexibility index (Phi) is 5.86. The van der Waals surface area contributed by atoms with Gasteiger partial charge >= 0.3 is 0 Å². The highest BCUT2D eigenvalue weighted by molar-refractivity contribution is 7.22. The van der Waals surface area contributed by atoms with E-state index in [0.29, 0.717) is 15.2 Å². The molecular formula is C20H21ClN4O2S. The van der Waals surface area contributed by atoms with Gasteiger partial charge in [0.1, 0.15) is 21.8 Å². The molecule has 0 aliphatic rings. The Morgan fingerprint density at radius 2 is 2.00 bits per heavy atom. The fourth-order valence-electron chi connectivity index (χ4n) is 2.54. The minimum Gasteiger partial charge on any atom is -0.497 e. The molecule has 0 spiro atoms. The second kappa shape index (κ2) is 8.16. The van der Waals surface area contributed by atoms with Crippen molar-refractivity contribution in [3.8, 4) is 11.4 Å². The molecular weight excluding hydrogens is 396 g/mol. The third-order valence-electron chi connectivity index (χ3n) is 4.47. The van der Waals surface area contributed by atoms with Crippen molar-refractivity contribution < 1.29 is 4.74 Å². The van der Waals surface area contributed by atoms with Gasteiger partial charge < -0.3 is 9.64 Å². The lowest BCUT2D eigenvalue weighted by molar-refractivity contribution is 0.414. The quantitative estimate of drug-likeness (QED) is 0.574. The Labute approximate surface area is 172 Å². The number of fused-ring (bicyclic) bond motifs is 1. The summed E-state index contributed by atoms with van der Waals surface area (Å²) in [5, 5.41) is 1.27. The van der Waals surface area contributed by atoms with Gasteiger partial charge in [0.25, 0.3) is 5.56 Å². The summed E-state index contributed by atoms with van der Waals surface area (Å²) >= 11 is 7.61. The van der Waals surface area contributed by atoms with Crippen molar-refractivity contribution in [3.05, 3.63) is 57.2 Å². The van der Waals surface area contributed by atoms with Crippen LogP contribution in [0.15, 0.2) is 51.1 Å². The summed E-state index contributed by atoms with van der Waals surface area (Å²) in [6.07, 6.45) is 3.15. The SMILES string of the molecule is COc1ccc(-n2cnc3c(C)c(/N=C\C(Cl)=C(/C)N(C)C)sc3c2=O)cc1. The van der Waals surface area contributed by atoms with E-state index in [1.165, 1.54) is 15.9 Å². The van der Waals surface area contributed by atoms with Crippen molar-refractivity contribution in [3.63, 3.8) is 0 Å². The number of aromatic nitrogens is 2. The molecule has 2 aromatic heterocycles. The number of hydrogen-bond donors (Lipinski definition) is 0. The summed E-state index contributed by atoms with van der Waals surface area (Å²) in [5.41, 5.74) is 3.03. The molecule has 0 atom stereocenters. The van der Waals surface area contributed by atoms with Crippen LogP contribution in [0.25, 0.3) is 15.9 Å². The van der Waals surface area contributed by atoms with Crippen LogP contribution in [0.4, 0.5) is 5.00 Å². The van der Waals surface area contributed by atoms with Crippen LogP contribution >= 0.6 is 22.9 Å². The van der Waals surface area contributed by atoms with E-state index in [2.05, 4.69) is 9.98 Å². The summed E-state index contributed by atoms with van der Waals surface area (Å²) in [6.45, 7) is 3.83. The Balaban J connectivity index is 2.05. The van der Waals surface area contributed by atoms with Gasteiger partial charge in [0.15, 0.2) is 0 Å². The number of thiophene rings is 1. The molecule has 28 heavy (non-hydrogen) atoms. The highest BCUT2D eigenvalue weighted by Gasteiger charge is 2.14. The average molecular weight is 417 g/mol. The lowest BCUT2D eigenvalue weighted by atomic mass is 10.3. The topological polar surface area (TPSA) is 59.7 Å². The van der Waals surface area contributed by atoms with E-state index < -0.39 is 0 Å². The number of nitrogens with zero attached hydrogens (tertiary/aromatic N) is 4. The van der Waals surface area contributed by atoms with Gasteiger partial charge in [0.2, 0.25) is 0 Å². The van der Waals surface area contributed by atoms with Crippen LogP contribution in [-0.2, 0) is 0 Å². The van der Waals surface area contributed by atoms with Crippen LogP contribution in [-0.4, -0.2) is 41.9 Å². The first-order valence-corrected chi connectivity index (χ1v) is 9.76. The van der Waals surface area contributed by atoms with Crippen molar-refractivity contribution in [2.75, 3.05) is 21.2 Å². The molecule has 2 heterocycles. The van der Waals surface area contributed by atoms with Crippen LogP contribution in [0.2, 0.25) is 0 Å². The molecule has 0 N–H and O–H groups in total. The Hall–Kier alpha value is -2.64. The highest BCUT2D eigenvalue weighted by Crippen LogP contribution is 2.34. The predicted octanol–water partition coefficient (Wildman–Crippen LogP) is 4.50. The van der Waals surface area contributed by atoms with Gasteiger partial charge in [0.05, 0.1) is 23.3 Å². The number of rotatable bonds is 5. The highest BCUT2D eigenvalue weighted by atomic mass is 35.5. The van der Waals surface area contributed by atoms with E-state index in [-0.39, 0.29) is 5.56 Å². The van der Waals surface area contributed by atoms with E-state index in [0.717, 1.165) is 27.7 Å². The van der Waals surface area contributed by atoms with Crippen LogP contribution in [0.5, 0.6) is 5.75 Å². The molecule has 0 radical (unpaired) electrons. The second-order valence-corrected chi connectivity index (χ2v) is 7.82. The number of ether oxygens (including phenoxy) is 1. The first-order chi connectivity index (χ1) is 13.3. The average Bonchev–Trinajstić information content (AvgIpc) is 3.02. The minimum atomic E-state index is -0.129. The van der Waals surface area contributed by atoms with Crippen molar-refractivity contribution in [2.45, 2.75) is 13.8 Å². The molecule has 6 nitrogen and oxygen atoms in total. The molecule has 3 rings (SSSR count). The first kappa shape index (κ1) is 20.1. The maximum atomic E-state index is 13.0. The van der Waals surface area contributed by atoms with Crippen LogP contribution in [0.3, 0.4) is 0 Å². The lowest BCUT2D eigenvalue weighted by Crippen LogP contribution is -2.17. The fourth-order valence-corrected chi connectivity index (χ4v) is 3.80. The molecule has 0 amide bonds. The van der Waals surface area contributed by atoms with Crippen LogP contribution < -0.4 is 10.3 Å². The van der Waals surface area contributed by atoms with Crippen molar-refractivity contribution in [1.82, 2.24) is 14.5 Å². The maximum Gasteiger partial charge on any atom is 0.275 e. The molecule has 0 saturated heterocycles. The standard InChI is InChI=1S/C20H21ClN4O2S/c1-12-17-18(28-19(12)22-10-16(21)13(2)24(3)4)20(26)25(11-23-17)14-6-8-15(27-5)9-7-14/h6-11H,1-5H3/b16-13-,22-10-. The van der Waals surface area contributed by atoms with Gasteiger partial charge in [-0.2, -0.15) is 0 Å². The predicted molar refractivity (Wildman–Crippen MR) is 117 cm³/mol. The van der Waals surface area contributed by atoms with E-state index >= 15 is 0 Å². The Morgan fingerprint density at radius 3 is 2.61 bits per heavy atom. The largest absolute Gasteiger partial charge is 0.497 e. The van der Waals surface area contributed by atoms with Gasteiger partial charge in [0, 0.05) is 31.6 Å². The molecule has 146 valence electrons. The molecule has 0 saturated carbocycles. The number of benzene rings is 1. The zero-order chi connectivity index (χ0) is 20.4. The molecule has 0 fully saturated rings. The number of halogens is 1. The normalized spacial score (nSPS) is 12.5. The maximum absolute atomic E-state index is 13.0. The Bertz CT molecular complexity index is 1130. The van der Waals surface area contributed by atoms with Gasteiger partial charge in [-0.05, 0) is 38.1 Å². The molecule has 0 aliphatic carbocycles. The molecule has 0 bridgehead atoms. The fraction of sp³-hybridized carbons (Fsp3) is 0.250. The van der Waals surface area contributed by atoms with E-state index in [4.69, 9.17) is 16.3 Å². The summed E-state index contributed by atoms with van der Waals surface area (Å²) in [5.74, 6) is 0.729. The number of aliphatic imine (C=N–C) groups is 1. The molecule has 3 aromatic rings. The zero-order valence-electron chi connectivity index (χ0n) is 16.4. The van der Waals surface area contributed by atoms with Gasteiger partial charge in [-0.25, -0.2) is 9.98 Å². The summed E-state index contributed by atoms with van der Waals surface area (Å²) < 4.78 is 7.25. The van der Waals surface area contributed by atoms with Gasteiger partial charge in [-0.3, -0.25) is 9.36 Å². The summed E-state index contributed by atoms with van der Waals surface area (Å²) in [7, 11) is 5.44. The second-order valence-electron chi connectivity index (χ2n) is 6.41. The van der Waals surface area contributed by atoms with Crippen LogP contribution in [0.1, 0.15) is 12.5 Å². The lowest BCUT2D eigenvalue weighted by Gasteiger charge is -2.12. The molecule has 0 aliphatic heterocycles. The van der Waals surface area contributed by atoms with Crippen molar-refractivity contribution in [1.29, 1.82) is 0 Å². The third-order valence-corrected chi connectivity index (χ3v) is 6.02. The Morgan fingerprint density at radius 1 is 1.32 bits per heavy atom. The zero-order valence-corrected chi connectivity index (χ0v) is 17.9. The third kappa shape index (κ3) is 3.81. The van der Waals surface area contributed by atoms with E-state index in [9.17, 15) is 4.79 Å². The van der Waals surface area contributed by atoms with E-state index in [1.807, 2.05) is 57.1 Å². The number of aryl methyl sites for hydroxylation is 1. The van der Waals surface area contributed by atoms with Crippen LogP contribution in [0, 0.1) is 6.92 Å². The smallest absolute Gasteiger partial charge is 0.275 e. The molecule has 8 heteroatoms. The van der Waals surface area contributed by atoms with Gasteiger partial charge in [-0.1, -0.05) is 11.6 Å². The van der Waals surface area contributed by atoms with Crippen molar-refractivity contribution >= 4 is 44.4 Å². The molecule has 0 unspecified atom stereocenters. The van der Waals surface area contributed by atoms with Crippen molar-refractivity contribution in [2.24, 2.45) is 4.99 Å². The van der Waals surface area contributed by atoms with E-state index in [1.54, 1.807) is 19.7 Å². The number of allylic oxidation sites excluding steroid dienone is 2. The minimum absolute atomic E-state index is 0.129. The summed E-state index contributed by atoms with van der Waals surface area (Å²) in [6, 6.07) is 7.26. The first-order valence-electron chi connectivity index (χ1n) is 8.56. The summed E-state index contributed by atoms with van der Waals surface area (Å²) in [4.78, 5) is 23.9. The number of hydrogen-bond acceptors (Lipinski definition) is 6. The monoisotopic (exact) mass is 416 g/mol.